The van der Waals surface area contributed by atoms with Crippen LogP contribution in [-0.2, 0) is 6.61 Å². The van der Waals surface area contributed by atoms with Gasteiger partial charge in [-0.3, -0.25) is 0 Å². The Kier molecular flexibility index (Phi) is 5.01. The first-order valence-electron chi connectivity index (χ1n) is 4.98. The summed E-state index contributed by atoms with van der Waals surface area (Å²) in [5, 5.41) is 11.9. The molecule has 3 heteroatoms. The summed E-state index contributed by atoms with van der Waals surface area (Å²) in [6, 6.07) is 4.73. The summed E-state index contributed by atoms with van der Waals surface area (Å²) >= 11 is 0. The van der Waals surface area contributed by atoms with E-state index in [1.807, 2.05) is 19.2 Å². The Labute approximate surface area is 89.4 Å². The van der Waals surface area contributed by atoms with Crippen LogP contribution in [-0.4, -0.2) is 18.7 Å². The average molecular weight is 209 g/mol. The van der Waals surface area contributed by atoms with Crippen molar-refractivity contribution in [1.82, 2.24) is 5.32 Å². The smallest absolute Gasteiger partial charge is 0.128 e. The summed E-state index contributed by atoms with van der Waals surface area (Å²) in [6.07, 6.45) is 4.88. The molecule has 0 saturated carbocycles. The largest absolute Gasteiger partial charge is 0.392 e. The molecule has 0 saturated heterocycles. The van der Waals surface area contributed by atoms with E-state index < -0.39 is 0 Å². The Hall–Kier alpha value is -1.19. The van der Waals surface area contributed by atoms with Crippen LogP contribution < -0.4 is 5.32 Å². The van der Waals surface area contributed by atoms with Gasteiger partial charge in [-0.05, 0) is 37.7 Å². The molecule has 1 aromatic rings. The van der Waals surface area contributed by atoms with E-state index in [0.29, 0.717) is 5.56 Å². The van der Waals surface area contributed by atoms with Crippen molar-refractivity contribution in [2.45, 2.75) is 13.0 Å². The van der Waals surface area contributed by atoms with Crippen LogP contribution in [0.4, 0.5) is 4.39 Å². The van der Waals surface area contributed by atoms with Gasteiger partial charge in [0.05, 0.1) is 6.61 Å². The molecule has 1 aromatic carbocycles. The van der Waals surface area contributed by atoms with Gasteiger partial charge in [-0.2, -0.15) is 0 Å². The zero-order valence-corrected chi connectivity index (χ0v) is 8.83. The van der Waals surface area contributed by atoms with Gasteiger partial charge in [-0.15, -0.1) is 0 Å². The molecule has 0 atom stereocenters. The molecule has 82 valence electrons. The van der Waals surface area contributed by atoms with Gasteiger partial charge in [0.25, 0.3) is 0 Å². The van der Waals surface area contributed by atoms with Crippen LogP contribution in [0, 0.1) is 5.82 Å². The van der Waals surface area contributed by atoms with E-state index in [1.165, 1.54) is 6.07 Å². The van der Waals surface area contributed by atoms with Crippen molar-refractivity contribution in [2.24, 2.45) is 0 Å². The maximum Gasteiger partial charge on any atom is 0.128 e. The number of aliphatic hydroxyl groups is 1. The van der Waals surface area contributed by atoms with Gasteiger partial charge in [0.1, 0.15) is 5.82 Å². The monoisotopic (exact) mass is 209 g/mol. The highest BCUT2D eigenvalue weighted by molar-refractivity contribution is 5.50. The van der Waals surface area contributed by atoms with Crippen LogP contribution in [0.2, 0.25) is 0 Å². The number of nitrogens with one attached hydrogen (secondary N) is 1. The molecule has 2 nitrogen and oxygen atoms in total. The molecule has 0 bridgehead atoms. The van der Waals surface area contributed by atoms with Crippen LogP contribution in [0.1, 0.15) is 17.5 Å². The highest BCUT2D eigenvalue weighted by Gasteiger charge is 1.99. The van der Waals surface area contributed by atoms with Gasteiger partial charge < -0.3 is 10.4 Å². The van der Waals surface area contributed by atoms with Crippen molar-refractivity contribution in [2.75, 3.05) is 13.6 Å². The van der Waals surface area contributed by atoms with E-state index in [9.17, 15) is 4.39 Å². The lowest BCUT2D eigenvalue weighted by Crippen LogP contribution is -2.05. The predicted molar refractivity (Wildman–Crippen MR) is 59.9 cm³/mol. The fourth-order valence-electron chi connectivity index (χ4n) is 1.27. The first-order chi connectivity index (χ1) is 7.27. The summed E-state index contributed by atoms with van der Waals surface area (Å²) in [5.41, 5.74) is 1.25. The Morgan fingerprint density at radius 3 is 2.93 bits per heavy atom. The SMILES string of the molecule is CNCCC=Cc1ccc(F)c(CO)c1. The summed E-state index contributed by atoms with van der Waals surface area (Å²) in [4.78, 5) is 0. The van der Waals surface area contributed by atoms with Crippen LogP contribution in [0.25, 0.3) is 6.08 Å². The molecule has 0 radical (unpaired) electrons. The highest BCUT2D eigenvalue weighted by atomic mass is 19.1. The number of aliphatic hydroxyl groups excluding tert-OH is 1. The molecule has 0 heterocycles. The van der Waals surface area contributed by atoms with Gasteiger partial charge in [0.2, 0.25) is 0 Å². The van der Waals surface area contributed by atoms with Gasteiger partial charge in [-0.25, -0.2) is 4.39 Å². The fraction of sp³-hybridized carbons (Fsp3) is 0.333. The highest BCUT2D eigenvalue weighted by Crippen LogP contribution is 2.11. The molecule has 0 unspecified atom stereocenters. The summed E-state index contributed by atoms with van der Waals surface area (Å²) < 4.78 is 13.0. The van der Waals surface area contributed by atoms with Crippen molar-refractivity contribution in [3.05, 3.63) is 41.2 Å². The van der Waals surface area contributed by atoms with E-state index in [4.69, 9.17) is 5.11 Å². The van der Waals surface area contributed by atoms with Crippen molar-refractivity contribution in [3.63, 3.8) is 0 Å². The molecule has 0 spiro atoms. The number of halogens is 1. The first-order valence-corrected chi connectivity index (χ1v) is 4.98. The Morgan fingerprint density at radius 2 is 2.27 bits per heavy atom. The van der Waals surface area contributed by atoms with Gasteiger partial charge in [-0.1, -0.05) is 18.2 Å². The molecule has 0 fully saturated rings. The number of rotatable bonds is 5. The molecule has 2 N–H and O–H groups in total. The lowest BCUT2D eigenvalue weighted by Gasteiger charge is -2.00. The standard InChI is InChI=1S/C12H16FNO/c1-14-7-3-2-4-10-5-6-12(13)11(8-10)9-15/h2,4-6,8,14-15H,3,7,9H2,1H3. The number of hydrogen-bond acceptors (Lipinski definition) is 2. The molecule has 15 heavy (non-hydrogen) atoms. The van der Waals surface area contributed by atoms with Crippen molar-refractivity contribution in [1.29, 1.82) is 0 Å². The lowest BCUT2D eigenvalue weighted by molar-refractivity contribution is 0.275. The minimum Gasteiger partial charge on any atom is -0.392 e. The Balaban J connectivity index is 2.65. The first kappa shape index (κ1) is 11.9. The van der Waals surface area contributed by atoms with Crippen molar-refractivity contribution in [3.8, 4) is 0 Å². The van der Waals surface area contributed by atoms with Crippen LogP contribution >= 0.6 is 0 Å². The zero-order valence-electron chi connectivity index (χ0n) is 8.83. The van der Waals surface area contributed by atoms with E-state index in [-0.39, 0.29) is 12.4 Å². The molecular weight excluding hydrogens is 193 g/mol. The van der Waals surface area contributed by atoms with E-state index in [2.05, 4.69) is 5.32 Å². The second-order valence-corrected chi connectivity index (χ2v) is 3.30. The molecule has 0 aliphatic heterocycles. The second kappa shape index (κ2) is 6.32. The summed E-state index contributed by atoms with van der Waals surface area (Å²) in [6.45, 7) is 0.661. The fourth-order valence-corrected chi connectivity index (χ4v) is 1.27. The normalized spacial score (nSPS) is 11.1. The van der Waals surface area contributed by atoms with Gasteiger partial charge in [0, 0.05) is 5.56 Å². The van der Waals surface area contributed by atoms with Gasteiger partial charge in [0.15, 0.2) is 0 Å². The third-order valence-corrected chi connectivity index (χ3v) is 2.11. The third kappa shape index (κ3) is 3.81. The lowest BCUT2D eigenvalue weighted by atomic mass is 10.1. The van der Waals surface area contributed by atoms with E-state index in [1.54, 1.807) is 12.1 Å². The average Bonchev–Trinajstić information content (AvgIpc) is 2.26. The number of hydrogen-bond donors (Lipinski definition) is 2. The van der Waals surface area contributed by atoms with E-state index in [0.717, 1.165) is 18.5 Å². The van der Waals surface area contributed by atoms with E-state index >= 15 is 0 Å². The topological polar surface area (TPSA) is 32.3 Å². The van der Waals surface area contributed by atoms with Crippen molar-refractivity contribution < 1.29 is 9.50 Å². The molecule has 0 aromatic heterocycles. The Morgan fingerprint density at radius 1 is 1.47 bits per heavy atom. The molecule has 0 aliphatic rings. The van der Waals surface area contributed by atoms with Crippen LogP contribution in [0.15, 0.2) is 24.3 Å². The molecule has 0 amide bonds. The summed E-state index contributed by atoms with van der Waals surface area (Å²) in [7, 11) is 1.90. The Bertz CT molecular complexity index is 336. The second-order valence-electron chi connectivity index (χ2n) is 3.30. The third-order valence-electron chi connectivity index (χ3n) is 2.11. The van der Waals surface area contributed by atoms with Crippen LogP contribution in [0.5, 0.6) is 0 Å². The molecule has 0 aliphatic carbocycles. The minimum atomic E-state index is -0.357. The molecular formula is C12H16FNO. The predicted octanol–water partition coefficient (Wildman–Crippen LogP) is 1.94. The van der Waals surface area contributed by atoms with Crippen molar-refractivity contribution >= 4 is 6.08 Å². The maximum atomic E-state index is 13.0. The zero-order chi connectivity index (χ0) is 11.1. The quantitative estimate of drug-likeness (QED) is 0.726. The maximum absolute atomic E-state index is 13.0. The molecule has 1 rings (SSSR count). The number of benzene rings is 1. The summed E-state index contributed by atoms with van der Waals surface area (Å²) in [5.74, 6) is -0.357. The van der Waals surface area contributed by atoms with Gasteiger partial charge >= 0.3 is 0 Å². The minimum absolute atomic E-state index is 0.260. The van der Waals surface area contributed by atoms with Crippen LogP contribution in [0.3, 0.4) is 0 Å².